The average molecular weight is 847 g/mol. The van der Waals surface area contributed by atoms with Crippen LogP contribution in [-0.4, -0.2) is 70.7 Å². The normalized spacial score (nSPS) is 10.7. The van der Waals surface area contributed by atoms with Crippen LogP contribution in [0.1, 0.15) is 120 Å². The zero-order chi connectivity index (χ0) is 43.4. The lowest BCUT2D eigenvalue weighted by Crippen LogP contribution is -2.17. The molecule has 1 N–H and O–H groups in total. The molecule has 0 aliphatic carbocycles. The van der Waals surface area contributed by atoms with Crippen molar-refractivity contribution in [1.82, 2.24) is 0 Å². The standard InChI is InChI=1S/C45H69O9S.CH2O3/c1-10-19-46-34-28-37(49-22-13-4)43(38(29-34)50-23-14-5)55(44-39(51-24-15-6)30-35(47-20-11-2)31-40(44)52-25-16-7)45-41(53-26-17-8)32-36(48-21-12-3)33-42(45)54-27-18-9;2-1(3)4/h28-33H,10-27H2,1-9H3;(H2,2,3,4)/q+1;/p-1. The summed E-state index contributed by atoms with van der Waals surface area (Å²) in [5, 5.41) is 15.3. The maximum absolute atomic E-state index is 8.44. The van der Waals surface area contributed by atoms with Crippen molar-refractivity contribution in [2.24, 2.45) is 0 Å². The third-order valence-corrected chi connectivity index (χ3v) is 10.2. The van der Waals surface area contributed by atoms with Gasteiger partial charge in [0, 0.05) is 36.4 Å². The van der Waals surface area contributed by atoms with Crippen molar-refractivity contribution in [2.75, 3.05) is 59.5 Å². The lowest BCUT2D eigenvalue weighted by Gasteiger charge is -2.24. The molecule has 0 saturated carbocycles. The molecule has 3 aromatic carbocycles. The molecule has 0 saturated heterocycles. The van der Waals surface area contributed by atoms with Gasteiger partial charge >= 0.3 is 0 Å². The van der Waals surface area contributed by atoms with E-state index >= 15 is 0 Å². The first-order chi connectivity index (χ1) is 28.7. The van der Waals surface area contributed by atoms with Crippen molar-refractivity contribution in [3.05, 3.63) is 36.4 Å². The van der Waals surface area contributed by atoms with Gasteiger partial charge in [-0.2, -0.15) is 0 Å². The minimum absolute atomic E-state index is 0.499. The van der Waals surface area contributed by atoms with E-state index in [1.165, 1.54) is 0 Å². The molecular formula is C46H70O12S. The van der Waals surface area contributed by atoms with Crippen LogP contribution in [0.4, 0.5) is 4.79 Å². The van der Waals surface area contributed by atoms with Crippen molar-refractivity contribution >= 4 is 17.1 Å². The van der Waals surface area contributed by atoms with E-state index in [9.17, 15) is 0 Å². The molecule has 0 aliphatic rings. The number of hydrogen-bond acceptors (Lipinski definition) is 11. The summed E-state index contributed by atoms with van der Waals surface area (Å²) < 4.78 is 59.1. The van der Waals surface area contributed by atoms with Gasteiger partial charge in [0.25, 0.3) is 14.7 Å². The van der Waals surface area contributed by atoms with Crippen LogP contribution < -0.4 is 47.7 Å². The monoisotopic (exact) mass is 846 g/mol. The molecule has 59 heavy (non-hydrogen) atoms. The largest absolute Gasteiger partial charge is 0.565 e. The SMILES string of the molecule is CCCOc1cc(OCCC)c([S+](c2c(OCCC)cc(OCCC)cc2OCCC)c2c(OCCC)cc(OCCC)cc2OCCC)c(OCCC)c1.O=C([O-])O. The van der Waals surface area contributed by atoms with Gasteiger partial charge in [0.05, 0.1) is 59.5 Å². The Hall–Kier alpha value is -4.52. The van der Waals surface area contributed by atoms with E-state index in [1.54, 1.807) is 0 Å². The van der Waals surface area contributed by atoms with Crippen molar-refractivity contribution in [3.8, 4) is 51.7 Å². The van der Waals surface area contributed by atoms with E-state index in [1.807, 2.05) is 36.4 Å². The van der Waals surface area contributed by atoms with Gasteiger partial charge in [-0.15, -0.1) is 0 Å². The molecule has 0 heterocycles. The maximum atomic E-state index is 8.44. The Kier molecular flexibility index (Phi) is 25.4. The van der Waals surface area contributed by atoms with Crippen molar-refractivity contribution < 1.29 is 57.6 Å². The second kappa shape index (κ2) is 29.7. The van der Waals surface area contributed by atoms with Crippen LogP contribution in [0.15, 0.2) is 51.1 Å². The molecule has 0 spiro atoms. The maximum Gasteiger partial charge on any atom is 0.250 e. The Bertz CT molecular complexity index is 1360. The third-order valence-electron chi connectivity index (χ3n) is 7.78. The van der Waals surface area contributed by atoms with Crippen molar-refractivity contribution in [3.63, 3.8) is 0 Å². The predicted octanol–water partition coefficient (Wildman–Crippen LogP) is 10.8. The summed E-state index contributed by atoms with van der Waals surface area (Å²) >= 11 is 0. The summed E-state index contributed by atoms with van der Waals surface area (Å²) in [6.07, 6.45) is 5.42. The molecule has 0 aliphatic heterocycles. The van der Waals surface area contributed by atoms with Gasteiger partial charge in [0.1, 0.15) is 28.1 Å². The first-order valence-electron chi connectivity index (χ1n) is 21.5. The smallest absolute Gasteiger partial charge is 0.250 e. The van der Waals surface area contributed by atoms with Gasteiger partial charge in [-0.25, -0.2) is 0 Å². The molecular weight excluding hydrogens is 777 g/mol. The van der Waals surface area contributed by atoms with Gasteiger partial charge in [0.15, 0.2) is 34.5 Å². The highest BCUT2D eigenvalue weighted by Crippen LogP contribution is 2.55. The quantitative estimate of drug-likeness (QED) is 0.0638. The van der Waals surface area contributed by atoms with E-state index in [4.69, 9.17) is 57.6 Å². The van der Waals surface area contributed by atoms with Crippen LogP contribution in [0.2, 0.25) is 0 Å². The minimum atomic E-state index is -2.08. The van der Waals surface area contributed by atoms with Gasteiger partial charge in [-0.05, 0) is 57.8 Å². The Labute approximate surface area is 356 Å². The fraction of sp³-hybridized carbons (Fsp3) is 0.587. The number of rotatable bonds is 30. The van der Waals surface area contributed by atoms with E-state index < -0.39 is 17.1 Å². The van der Waals surface area contributed by atoms with Gasteiger partial charge < -0.3 is 57.6 Å². The molecule has 0 aromatic heterocycles. The van der Waals surface area contributed by atoms with Crippen LogP contribution in [0, 0.1) is 0 Å². The zero-order valence-corrected chi connectivity index (χ0v) is 37.9. The van der Waals surface area contributed by atoms with Crippen LogP contribution in [0.25, 0.3) is 0 Å². The zero-order valence-electron chi connectivity index (χ0n) is 37.0. The average Bonchev–Trinajstić information content (AvgIpc) is 3.23. The van der Waals surface area contributed by atoms with E-state index in [2.05, 4.69) is 62.3 Å². The molecule has 0 bridgehead atoms. The summed E-state index contributed by atoms with van der Waals surface area (Å²) in [6.45, 7) is 23.6. The van der Waals surface area contributed by atoms with Crippen molar-refractivity contribution in [1.29, 1.82) is 0 Å². The third kappa shape index (κ3) is 16.9. The molecule has 0 amide bonds. The number of ether oxygens (including phenoxy) is 9. The Morgan fingerprint density at radius 3 is 0.695 bits per heavy atom. The van der Waals surface area contributed by atoms with Gasteiger partial charge in [-0.3, -0.25) is 0 Å². The Morgan fingerprint density at radius 1 is 0.390 bits per heavy atom. The first-order valence-corrected chi connectivity index (χ1v) is 22.7. The molecule has 3 aromatic rings. The van der Waals surface area contributed by atoms with Crippen molar-refractivity contribution in [2.45, 2.75) is 135 Å². The van der Waals surface area contributed by atoms with Crippen LogP contribution >= 0.6 is 0 Å². The number of carbonyl (C=O) groups is 1. The second-order valence-electron chi connectivity index (χ2n) is 13.5. The molecule has 13 heteroatoms. The fourth-order valence-electron chi connectivity index (χ4n) is 5.39. The topological polar surface area (TPSA) is 143 Å². The Morgan fingerprint density at radius 2 is 0.542 bits per heavy atom. The molecule has 3 rings (SSSR count). The minimum Gasteiger partial charge on any atom is -0.565 e. The highest BCUT2D eigenvalue weighted by molar-refractivity contribution is 7.97. The number of hydrogen-bond donors (Lipinski definition) is 1. The predicted molar refractivity (Wildman–Crippen MR) is 232 cm³/mol. The van der Waals surface area contributed by atoms with Gasteiger partial charge in [-0.1, -0.05) is 62.3 Å². The molecule has 0 fully saturated rings. The second-order valence-corrected chi connectivity index (χ2v) is 15.3. The summed E-state index contributed by atoms with van der Waals surface area (Å²) in [5.41, 5.74) is 0. The number of benzene rings is 3. The highest BCUT2D eigenvalue weighted by atomic mass is 32.2. The van der Waals surface area contributed by atoms with E-state index in [-0.39, 0.29) is 0 Å². The lowest BCUT2D eigenvalue weighted by molar-refractivity contribution is -0.275. The van der Waals surface area contributed by atoms with Crippen LogP contribution in [-0.2, 0) is 10.9 Å². The molecule has 0 unspecified atom stereocenters. The summed E-state index contributed by atoms with van der Waals surface area (Å²) in [7, 11) is -1.06. The highest BCUT2D eigenvalue weighted by Gasteiger charge is 2.47. The summed E-state index contributed by atoms with van der Waals surface area (Å²) in [4.78, 5) is 10.9. The molecule has 332 valence electrons. The van der Waals surface area contributed by atoms with Crippen LogP contribution in [0.3, 0.4) is 0 Å². The molecule has 0 atom stereocenters. The van der Waals surface area contributed by atoms with E-state index in [0.717, 1.165) is 72.5 Å². The van der Waals surface area contributed by atoms with Crippen LogP contribution in [0.5, 0.6) is 51.7 Å². The lowest BCUT2D eigenvalue weighted by atomic mass is 10.2. The fourth-order valence-corrected chi connectivity index (χ4v) is 7.92. The first kappa shape index (κ1) is 50.6. The number of carboxylic acid groups (broad SMARTS) is 2. The van der Waals surface area contributed by atoms with E-state index in [0.29, 0.717) is 111 Å². The summed E-state index contributed by atoms with van der Waals surface area (Å²) in [5.74, 6) is 6.03. The Balaban J connectivity index is 0.00000286. The molecule has 0 radical (unpaired) electrons. The molecule has 12 nitrogen and oxygen atoms in total. The summed E-state index contributed by atoms with van der Waals surface area (Å²) in [6, 6.07) is 12.0. The van der Waals surface area contributed by atoms with Gasteiger partial charge in [0.2, 0.25) is 6.16 Å².